The lowest BCUT2D eigenvalue weighted by molar-refractivity contribution is 0.357. The molecule has 0 fully saturated rings. The van der Waals surface area contributed by atoms with Crippen molar-refractivity contribution in [3.63, 3.8) is 0 Å². The van der Waals surface area contributed by atoms with Crippen LogP contribution >= 0.6 is 0 Å². The smallest absolute Gasteiger partial charge is 0.0302 e. The normalized spacial score (nSPS) is 9.32. The molecule has 0 aliphatic rings. The molecule has 0 heteroatoms. The topological polar surface area (TPSA) is 0 Å². The summed E-state index contributed by atoms with van der Waals surface area (Å²) in [5, 5.41) is 0. The molecule has 0 bridgehead atoms. The summed E-state index contributed by atoms with van der Waals surface area (Å²) < 4.78 is 0. The van der Waals surface area contributed by atoms with Crippen LogP contribution in [0.25, 0.3) is 0 Å². The van der Waals surface area contributed by atoms with E-state index in [0.29, 0.717) is 5.41 Å². The highest BCUT2D eigenvalue weighted by Crippen LogP contribution is 2.23. The maximum atomic E-state index is 3.69. The molecule has 19 heavy (non-hydrogen) atoms. The third kappa shape index (κ3) is 31.7. The number of rotatable bonds is 8. The second-order valence-corrected chi connectivity index (χ2v) is 5.52. The first-order valence-corrected chi connectivity index (χ1v) is 7.78. The van der Waals surface area contributed by atoms with E-state index >= 15 is 0 Å². The van der Waals surface area contributed by atoms with Gasteiger partial charge in [0.25, 0.3) is 0 Å². The fraction of sp³-hybridized carbons (Fsp3) is 0.684. The minimum absolute atomic E-state index is 0.474. The highest BCUT2D eigenvalue weighted by atomic mass is 14.2. The monoisotopic (exact) mass is 266 g/mol. The van der Waals surface area contributed by atoms with Crippen LogP contribution < -0.4 is 0 Å². The van der Waals surface area contributed by atoms with E-state index in [1.165, 1.54) is 32.1 Å². The van der Waals surface area contributed by atoms with Crippen molar-refractivity contribution in [3.8, 4) is 0 Å². The number of unbranched alkanes of at least 4 members (excludes halogenated alkanes) is 3. The van der Waals surface area contributed by atoms with E-state index in [0.717, 1.165) is 12.8 Å². The fourth-order valence-corrected chi connectivity index (χ4v) is 1.09. The lowest BCUT2D eigenvalue weighted by Crippen LogP contribution is -2.06. The summed E-state index contributed by atoms with van der Waals surface area (Å²) in [6.07, 6.45) is 14.4. The SMILES string of the molecule is C=CCC(C)(C)CC.C=CCCC.C=CCCCC. The second kappa shape index (κ2) is 19.6. The van der Waals surface area contributed by atoms with Crippen molar-refractivity contribution in [2.75, 3.05) is 0 Å². The molecular weight excluding hydrogens is 228 g/mol. The maximum Gasteiger partial charge on any atom is -0.0302 e. The van der Waals surface area contributed by atoms with E-state index in [4.69, 9.17) is 0 Å². The van der Waals surface area contributed by atoms with Gasteiger partial charge in [-0.15, -0.1) is 19.7 Å². The lowest BCUT2D eigenvalue weighted by atomic mass is 9.87. The molecule has 0 amide bonds. The second-order valence-electron chi connectivity index (χ2n) is 5.52. The van der Waals surface area contributed by atoms with Gasteiger partial charge in [0.2, 0.25) is 0 Å². The Labute approximate surface area is 123 Å². The van der Waals surface area contributed by atoms with Crippen molar-refractivity contribution in [2.24, 2.45) is 5.41 Å². The standard InChI is InChI=1S/C8H16.C6H12.C5H10/c1-5-7-8(3,4)6-2;1-3-5-6-4-2;1-3-5-4-2/h5H,1,6-7H2,2-4H3;3H,1,4-6H2,2H3;3H,1,4-5H2,2H3. The van der Waals surface area contributed by atoms with Gasteiger partial charge >= 0.3 is 0 Å². The Hall–Kier alpha value is -0.780. The summed E-state index contributed by atoms with van der Waals surface area (Å²) in [6, 6.07) is 0. The Balaban J connectivity index is -0.000000209. The molecule has 114 valence electrons. The van der Waals surface area contributed by atoms with Crippen LogP contribution in [0.2, 0.25) is 0 Å². The Morgan fingerprint density at radius 3 is 1.42 bits per heavy atom. The van der Waals surface area contributed by atoms with E-state index < -0.39 is 0 Å². The zero-order valence-corrected chi connectivity index (χ0v) is 14.3. The molecule has 0 unspecified atom stereocenters. The quantitative estimate of drug-likeness (QED) is 0.318. The van der Waals surface area contributed by atoms with Crippen LogP contribution in [0.15, 0.2) is 38.0 Å². The van der Waals surface area contributed by atoms with Gasteiger partial charge in [-0.3, -0.25) is 0 Å². The first kappa shape index (κ1) is 23.3. The molecule has 0 nitrogen and oxygen atoms in total. The molecule has 0 aromatic heterocycles. The summed E-state index contributed by atoms with van der Waals surface area (Å²) in [5.41, 5.74) is 0.474. The van der Waals surface area contributed by atoms with E-state index in [9.17, 15) is 0 Å². The summed E-state index contributed by atoms with van der Waals surface area (Å²) >= 11 is 0. The predicted octanol–water partition coefficient (Wildman–Crippen LogP) is 7.33. The zero-order valence-electron chi connectivity index (χ0n) is 14.3. The van der Waals surface area contributed by atoms with Gasteiger partial charge in [-0.05, 0) is 24.7 Å². The number of allylic oxidation sites excluding steroid dienone is 3. The van der Waals surface area contributed by atoms with Crippen LogP contribution in [0.4, 0.5) is 0 Å². The van der Waals surface area contributed by atoms with Gasteiger partial charge in [-0.2, -0.15) is 0 Å². The molecule has 0 aliphatic carbocycles. The molecule has 0 spiro atoms. The van der Waals surface area contributed by atoms with Crippen LogP contribution in [-0.4, -0.2) is 0 Å². The molecule has 0 atom stereocenters. The van der Waals surface area contributed by atoms with Gasteiger partial charge in [0.05, 0.1) is 0 Å². The van der Waals surface area contributed by atoms with E-state index in [2.05, 4.69) is 54.4 Å². The van der Waals surface area contributed by atoms with Crippen molar-refractivity contribution in [3.05, 3.63) is 38.0 Å². The van der Waals surface area contributed by atoms with E-state index in [1.807, 2.05) is 18.2 Å². The Bertz CT molecular complexity index is 186. The summed E-state index contributed by atoms with van der Waals surface area (Å²) in [7, 11) is 0. The van der Waals surface area contributed by atoms with Crippen molar-refractivity contribution in [1.29, 1.82) is 0 Å². The van der Waals surface area contributed by atoms with E-state index in [-0.39, 0.29) is 0 Å². The molecule has 0 aromatic carbocycles. The van der Waals surface area contributed by atoms with Crippen LogP contribution in [-0.2, 0) is 0 Å². The average Bonchev–Trinajstić information content (AvgIpc) is 2.39. The Kier molecular flexibility index (Phi) is 24.0. The molecule has 0 heterocycles. The fourth-order valence-electron chi connectivity index (χ4n) is 1.09. The largest absolute Gasteiger partial charge is 0.103 e. The van der Waals surface area contributed by atoms with Crippen molar-refractivity contribution in [1.82, 2.24) is 0 Å². The number of hydrogen-bond acceptors (Lipinski definition) is 0. The van der Waals surface area contributed by atoms with Gasteiger partial charge in [0.15, 0.2) is 0 Å². The van der Waals surface area contributed by atoms with Gasteiger partial charge in [-0.1, -0.05) is 78.5 Å². The van der Waals surface area contributed by atoms with E-state index in [1.54, 1.807) is 0 Å². The highest BCUT2D eigenvalue weighted by Gasteiger charge is 2.10. The summed E-state index contributed by atoms with van der Waals surface area (Å²) in [5.74, 6) is 0. The van der Waals surface area contributed by atoms with Crippen molar-refractivity contribution >= 4 is 0 Å². The minimum atomic E-state index is 0.474. The van der Waals surface area contributed by atoms with Crippen molar-refractivity contribution < 1.29 is 0 Å². The van der Waals surface area contributed by atoms with Gasteiger partial charge in [0, 0.05) is 0 Å². The molecule has 0 saturated carbocycles. The van der Waals surface area contributed by atoms with Gasteiger partial charge in [-0.25, -0.2) is 0 Å². The zero-order chi connectivity index (χ0) is 15.6. The predicted molar refractivity (Wildman–Crippen MR) is 93.7 cm³/mol. The number of hydrogen-bond donors (Lipinski definition) is 0. The van der Waals surface area contributed by atoms with Gasteiger partial charge in [0.1, 0.15) is 0 Å². The van der Waals surface area contributed by atoms with Crippen LogP contribution in [0, 0.1) is 5.41 Å². The van der Waals surface area contributed by atoms with Crippen LogP contribution in [0.1, 0.15) is 79.6 Å². The van der Waals surface area contributed by atoms with Crippen LogP contribution in [0.3, 0.4) is 0 Å². The summed E-state index contributed by atoms with van der Waals surface area (Å²) in [4.78, 5) is 0. The molecule has 0 aromatic rings. The Morgan fingerprint density at radius 2 is 1.32 bits per heavy atom. The molecule has 0 rings (SSSR count). The highest BCUT2D eigenvalue weighted by molar-refractivity contribution is 4.77. The maximum absolute atomic E-state index is 3.69. The third-order valence-electron chi connectivity index (χ3n) is 2.91. The first-order valence-electron chi connectivity index (χ1n) is 7.78. The molecule has 0 radical (unpaired) electrons. The molecule has 0 saturated heterocycles. The van der Waals surface area contributed by atoms with Gasteiger partial charge < -0.3 is 0 Å². The molecular formula is C19H38. The molecule has 0 aliphatic heterocycles. The molecule has 0 N–H and O–H groups in total. The Morgan fingerprint density at radius 1 is 0.789 bits per heavy atom. The first-order chi connectivity index (χ1) is 8.95. The van der Waals surface area contributed by atoms with Crippen LogP contribution in [0.5, 0.6) is 0 Å². The summed E-state index contributed by atoms with van der Waals surface area (Å²) in [6.45, 7) is 21.9. The average molecular weight is 267 g/mol. The lowest BCUT2D eigenvalue weighted by Gasteiger charge is -2.19. The third-order valence-corrected chi connectivity index (χ3v) is 2.91. The van der Waals surface area contributed by atoms with Crippen molar-refractivity contribution in [2.45, 2.75) is 79.6 Å². The minimum Gasteiger partial charge on any atom is -0.103 e.